The summed E-state index contributed by atoms with van der Waals surface area (Å²) in [6, 6.07) is 8.52. The first-order valence-electron chi connectivity index (χ1n) is 6.42. The van der Waals surface area contributed by atoms with Crippen molar-refractivity contribution in [2.75, 3.05) is 11.9 Å². The summed E-state index contributed by atoms with van der Waals surface area (Å²) in [4.78, 5) is 23.2. The Labute approximate surface area is 115 Å². The Kier molecular flexibility index (Phi) is 3.30. The van der Waals surface area contributed by atoms with Crippen molar-refractivity contribution in [1.29, 1.82) is 0 Å². The van der Waals surface area contributed by atoms with Crippen LogP contribution in [0.15, 0.2) is 35.1 Å². The van der Waals surface area contributed by atoms with Gasteiger partial charge >= 0.3 is 0 Å². The number of anilines is 1. The third-order valence-corrected chi connectivity index (χ3v) is 3.31. The van der Waals surface area contributed by atoms with E-state index in [4.69, 9.17) is 0 Å². The minimum Gasteiger partial charge on any atom is -0.312 e. The predicted octanol–water partition coefficient (Wildman–Crippen LogP) is 0.668. The van der Waals surface area contributed by atoms with E-state index in [-0.39, 0.29) is 11.5 Å². The molecule has 0 atom stereocenters. The van der Waals surface area contributed by atoms with Crippen LogP contribution >= 0.6 is 0 Å². The molecule has 0 fully saturated rings. The molecule has 2 heterocycles. The summed E-state index contributed by atoms with van der Waals surface area (Å²) in [6.07, 6.45) is 0.831. The quantitative estimate of drug-likeness (QED) is 0.748. The first-order valence-corrected chi connectivity index (χ1v) is 6.42. The molecule has 2 aromatic rings. The Morgan fingerprint density at radius 2 is 2.15 bits per heavy atom. The summed E-state index contributed by atoms with van der Waals surface area (Å²) >= 11 is 0. The van der Waals surface area contributed by atoms with Crippen molar-refractivity contribution in [3.8, 4) is 0 Å². The molecular weight excluding hydrogens is 256 g/mol. The van der Waals surface area contributed by atoms with Gasteiger partial charge in [-0.3, -0.25) is 9.59 Å². The molecule has 1 aromatic carbocycles. The third kappa shape index (κ3) is 2.46. The minimum atomic E-state index is -0.300. The maximum Gasteiger partial charge on any atom is 0.264 e. The van der Waals surface area contributed by atoms with Gasteiger partial charge in [0, 0.05) is 18.2 Å². The van der Waals surface area contributed by atoms with Gasteiger partial charge in [-0.25, -0.2) is 5.10 Å². The summed E-state index contributed by atoms with van der Waals surface area (Å²) in [6.45, 7) is 1.65. The molecule has 6 nitrogen and oxygen atoms in total. The molecular formula is C14H14N4O2. The number of H-pyrrole nitrogens is 1. The topological polar surface area (TPSA) is 86.9 Å². The number of carbonyl (C=O) groups is 1. The molecule has 1 aromatic heterocycles. The van der Waals surface area contributed by atoms with Gasteiger partial charge in [0.15, 0.2) is 5.82 Å². The fraction of sp³-hybridized carbons (Fsp3) is 0.214. The monoisotopic (exact) mass is 270 g/mol. The van der Waals surface area contributed by atoms with Crippen LogP contribution in [0.25, 0.3) is 0 Å². The van der Waals surface area contributed by atoms with Crippen molar-refractivity contribution in [1.82, 2.24) is 15.5 Å². The second-order valence-electron chi connectivity index (χ2n) is 4.63. The first kappa shape index (κ1) is 12.6. The van der Waals surface area contributed by atoms with Crippen LogP contribution in [0.2, 0.25) is 0 Å². The number of rotatable bonds is 2. The number of amides is 1. The van der Waals surface area contributed by atoms with Crippen LogP contribution < -0.4 is 16.2 Å². The van der Waals surface area contributed by atoms with E-state index < -0.39 is 0 Å². The molecule has 20 heavy (non-hydrogen) atoms. The van der Waals surface area contributed by atoms with Crippen molar-refractivity contribution in [2.45, 2.75) is 13.0 Å². The zero-order chi connectivity index (χ0) is 13.9. The summed E-state index contributed by atoms with van der Waals surface area (Å²) in [5.74, 6) is 0.129. The molecule has 102 valence electrons. The zero-order valence-corrected chi connectivity index (χ0v) is 10.8. The van der Waals surface area contributed by atoms with Gasteiger partial charge in [0.05, 0.1) is 0 Å². The third-order valence-electron chi connectivity index (χ3n) is 3.31. The van der Waals surface area contributed by atoms with Crippen LogP contribution in [0.1, 0.15) is 21.5 Å². The normalized spacial score (nSPS) is 13.6. The van der Waals surface area contributed by atoms with Crippen molar-refractivity contribution < 1.29 is 4.79 Å². The molecule has 0 unspecified atom stereocenters. The molecule has 0 saturated heterocycles. The smallest absolute Gasteiger partial charge is 0.264 e. The van der Waals surface area contributed by atoms with Crippen molar-refractivity contribution in [3.63, 3.8) is 0 Å². The molecule has 1 aliphatic rings. The Bertz CT molecular complexity index is 688. The van der Waals surface area contributed by atoms with Crippen LogP contribution in [0.4, 0.5) is 5.82 Å². The first-order chi connectivity index (χ1) is 9.74. The number of nitrogens with one attached hydrogen (secondary N) is 3. The largest absolute Gasteiger partial charge is 0.312 e. The molecule has 6 heteroatoms. The maximum absolute atomic E-state index is 12.3. The lowest BCUT2D eigenvalue weighted by atomic mass is 9.95. The molecule has 3 N–H and O–H groups in total. The number of nitrogens with zero attached hydrogens (tertiary/aromatic N) is 1. The highest BCUT2D eigenvalue weighted by molar-refractivity contribution is 6.05. The van der Waals surface area contributed by atoms with E-state index in [2.05, 4.69) is 20.8 Å². The highest BCUT2D eigenvalue weighted by atomic mass is 16.2. The number of fused-ring (bicyclic) bond motifs is 1. The van der Waals surface area contributed by atoms with E-state index >= 15 is 0 Å². The lowest BCUT2D eigenvalue weighted by molar-refractivity contribution is 0.102. The van der Waals surface area contributed by atoms with E-state index in [0.717, 1.165) is 30.6 Å². The van der Waals surface area contributed by atoms with E-state index in [0.29, 0.717) is 11.4 Å². The number of carbonyl (C=O) groups excluding carboxylic acids is 1. The van der Waals surface area contributed by atoms with E-state index in [1.54, 1.807) is 0 Å². The van der Waals surface area contributed by atoms with Crippen LogP contribution in [0.3, 0.4) is 0 Å². The van der Waals surface area contributed by atoms with E-state index in [9.17, 15) is 9.59 Å². The highest BCUT2D eigenvalue weighted by Crippen LogP contribution is 2.19. The lowest BCUT2D eigenvalue weighted by Crippen LogP contribution is -2.26. The minimum absolute atomic E-state index is 0.205. The fourth-order valence-corrected chi connectivity index (χ4v) is 2.34. The number of hydrogen-bond donors (Lipinski definition) is 3. The van der Waals surface area contributed by atoms with Crippen LogP contribution in [-0.2, 0) is 13.0 Å². The van der Waals surface area contributed by atoms with Gasteiger partial charge in [0.25, 0.3) is 11.5 Å². The summed E-state index contributed by atoms with van der Waals surface area (Å²) < 4.78 is 0. The van der Waals surface area contributed by atoms with Gasteiger partial charge < -0.3 is 10.6 Å². The molecule has 0 bridgehead atoms. The molecule has 0 spiro atoms. The SMILES string of the molecule is O=C(Nc1ccc(=O)[nH]n1)c1cccc2c1CCNC2. The van der Waals surface area contributed by atoms with Crippen LogP contribution in [0.5, 0.6) is 0 Å². The van der Waals surface area contributed by atoms with Gasteiger partial charge in [-0.2, -0.15) is 5.10 Å². The van der Waals surface area contributed by atoms with E-state index in [1.165, 1.54) is 12.1 Å². The lowest BCUT2D eigenvalue weighted by Gasteiger charge is -2.19. The highest BCUT2D eigenvalue weighted by Gasteiger charge is 2.17. The van der Waals surface area contributed by atoms with Gasteiger partial charge in [-0.15, -0.1) is 0 Å². The second-order valence-corrected chi connectivity index (χ2v) is 4.63. The number of hydrogen-bond acceptors (Lipinski definition) is 4. The van der Waals surface area contributed by atoms with Gasteiger partial charge in [0.2, 0.25) is 0 Å². The maximum atomic E-state index is 12.3. The van der Waals surface area contributed by atoms with Crippen LogP contribution in [0, 0.1) is 0 Å². The Hall–Kier alpha value is -2.47. The van der Waals surface area contributed by atoms with E-state index in [1.807, 2.05) is 18.2 Å². The number of benzene rings is 1. The average Bonchev–Trinajstić information content (AvgIpc) is 2.49. The van der Waals surface area contributed by atoms with Gasteiger partial charge in [-0.05, 0) is 36.2 Å². The summed E-state index contributed by atoms with van der Waals surface area (Å²) in [5, 5.41) is 12.0. The molecule has 3 rings (SSSR count). The van der Waals surface area contributed by atoms with Gasteiger partial charge in [-0.1, -0.05) is 12.1 Å². The Balaban J connectivity index is 1.87. The van der Waals surface area contributed by atoms with Crippen molar-refractivity contribution in [2.24, 2.45) is 0 Å². The zero-order valence-electron chi connectivity index (χ0n) is 10.8. The summed E-state index contributed by atoms with van der Waals surface area (Å²) in [5.41, 5.74) is 2.59. The number of aromatic nitrogens is 2. The molecule has 0 radical (unpaired) electrons. The molecule has 0 aliphatic carbocycles. The number of aromatic amines is 1. The average molecular weight is 270 g/mol. The Morgan fingerprint density at radius 3 is 2.95 bits per heavy atom. The Morgan fingerprint density at radius 1 is 1.25 bits per heavy atom. The molecule has 0 saturated carbocycles. The molecule has 1 amide bonds. The molecule has 1 aliphatic heterocycles. The standard InChI is InChI=1S/C14H14N4O2/c19-13-5-4-12(17-18-13)16-14(20)11-3-1-2-9-8-15-7-6-10(9)11/h1-5,15H,6-8H2,(H,18,19)(H,16,17,20). The second kappa shape index (κ2) is 5.26. The van der Waals surface area contributed by atoms with Crippen LogP contribution in [-0.4, -0.2) is 22.6 Å². The fourth-order valence-electron chi connectivity index (χ4n) is 2.34. The van der Waals surface area contributed by atoms with Crippen molar-refractivity contribution in [3.05, 3.63) is 57.4 Å². The summed E-state index contributed by atoms with van der Waals surface area (Å²) in [7, 11) is 0. The van der Waals surface area contributed by atoms with Crippen molar-refractivity contribution >= 4 is 11.7 Å². The predicted molar refractivity (Wildman–Crippen MR) is 74.7 cm³/mol. The van der Waals surface area contributed by atoms with Gasteiger partial charge in [0.1, 0.15) is 0 Å².